The van der Waals surface area contributed by atoms with Crippen molar-refractivity contribution in [2.75, 3.05) is 25.1 Å². The van der Waals surface area contributed by atoms with Crippen LogP contribution in [-0.2, 0) is 9.84 Å². The number of aliphatic imine (C=N–C) groups is 1. The molecule has 0 heterocycles. The number of halogens is 1. The van der Waals surface area contributed by atoms with E-state index in [2.05, 4.69) is 10.6 Å². The van der Waals surface area contributed by atoms with E-state index in [-0.39, 0.29) is 35.8 Å². The van der Waals surface area contributed by atoms with Crippen LogP contribution in [0.15, 0.2) is 4.99 Å². The largest absolute Gasteiger partial charge is 0.357 e. The van der Waals surface area contributed by atoms with Gasteiger partial charge in [-0.25, -0.2) is 8.42 Å². The smallest absolute Gasteiger partial charge is 0.191 e. The fourth-order valence-corrected chi connectivity index (χ4v) is 3.74. The highest BCUT2D eigenvalue weighted by atomic mass is 127. The van der Waals surface area contributed by atoms with Crippen LogP contribution >= 0.6 is 24.0 Å². The third-order valence-corrected chi connectivity index (χ3v) is 5.36. The van der Waals surface area contributed by atoms with Crippen molar-refractivity contribution in [2.24, 2.45) is 10.9 Å². The minimum Gasteiger partial charge on any atom is -0.357 e. The first-order valence-electron chi connectivity index (χ1n) is 9.13. The van der Waals surface area contributed by atoms with Crippen LogP contribution < -0.4 is 10.6 Å². The van der Waals surface area contributed by atoms with E-state index in [1.165, 1.54) is 51.2 Å². The summed E-state index contributed by atoms with van der Waals surface area (Å²) in [5, 5.41) is 6.60. The zero-order valence-electron chi connectivity index (χ0n) is 15.5. The topological polar surface area (TPSA) is 70.6 Å². The molecule has 144 valence electrons. The quantitative estimate of drug-likeness (QED) is 0.338. The highest BCUT2D eigenvalue weighted by molar-refractivity contribution is 14.0. The monoisotopic (exact) mass is 473 g/mol. The first kappa shape index (κ1) is 23.9. The number of hydrogen-bond donors (Lipinski definition) is 2. The lowest BCUT2D eigenvalue weighted by Crippen LogP contribution is -2.43. The summed E-state index contributed by atoms with van der Waals surface area (Å²) in [6.07, 6.45) is 11.2. The van der Waals surface area contributed by atoms with Crippen molar-refractivity contribution >= 4 is 39.8 Å². The maximum atomic E-state index is 11.3. The number of rotatable bonds is 7. The summed E-state index contributed by atoms with van der Waals surface area (Å²) in [6, 6.07) is 0.0971. The van der Waals surface area contributed by atoms with Gasteiger partial charge in [-0.3, -0.25) is 4.99 Å². The van der Waals surface area contributed by atoms with E-state index in [1.54, 1.807) is 0 Å². The maximum Gasteiger partial charge on any atom is 0.191 e. The van der Waals surface area contributed by atoms with Crippen molar-refractivity contribution in [3.63, 3.8) is 0 Å². The first-order valence-corrected chi connectivity index (χ1v) is 11.2. The second kappa shape index (κ2) is 13.2. The van der Waals surface area contributed by atoms with Crippen LogP contribution in [0.3, 0.4) is 0 Å². The van der Waals surface area contributed by atoms with E-state index in [0.717, 1.165) is 19.0 Å². The number of sulfone groups is 1. The summed E-state index contributed by atoms with van der Waals surface area (Å²) in [6.45, 7) is 5.74. The molecule has 1 fully saturated rings. The summed E-state index contributed by atoms with van der Waals surface area (Å²) in [5.74, 6) is 1.72. The Kier molecular flexibility index (Phi) is 13.2. The Morgan fingerprint density at radius 1 is 1.17 bits per heavy atom. The van der Waals surface area contributed by atoms with Crippen LogP contribution in [0.1, 0.15) is 65.2 Å². The molecule has 0 bridgehead atoms. The second-order valence-electron chi connectivity index (χ2n) is 6.89. The molecule has 0 aromatic heterocycles. The molecule has 0 radical (unpaired) electrons. The van der Waals surface area contributed by atoms with Crippen molar-refractivity contribution in [3.05, 3.63) is 0 Å². The highest BCUT2D eigenvalue weighted by Crippen LogP contribution is 2.22. The van der Waals surface area contributed by atoms with Crippen LogP contribution in [0, 0.1) is 5.92 Å². The maximum absolute atomic E-state index is 11.3. The molecular formula is C17H36IN3O2S. The van der Waals surface area contributed by atoms with Gasteiger partial charge in [-0.15, -0.1) is 24.0 Å². The minimum absolute atomic E-state index is 0. The van der Waals surface area contributed by atoms with Crippen molar-refractivity contribution in [1.82, 2.24) is 10.6 Å². The molecule has 0 aromatic carbocycles. The Morgan fingerprint density at radius 3 is 2.29 bits per heavy atom. The van der Waals surface area contributed by atoms with E-state index in [1.807, 2.05) is 13.8 Å². The Labute approximate surface area is 165 Å². The third-order valence-electron chi connectivity index (χ3n) is 4.38. The van der Waals surface area contributed by atoms with Gasteiger partial charge in [-0.1, -0.05) is 32.1 Å². The predicted octanol–water partition coefficient (Wildman–Crippen LogP) is 3.34. The van der Waals surface area contributed by atoms with Crippen molar-refractivity contribution in [1.29, 1.82) is 0 Å². The van der Waals surface area contributed by atoms with Gasteiger partial charge in [0.25, 0.3) is 0 Å². The van der Waals surface area contributed by atoms with Crippen molar-refractivity contribution < 1.29 is 8.42 Å². The molecule has 1 unspecified atom stereocenters. The molecule has 1 atom stereocenters. The molecule has 7 heteroatoms. The van der Waals surface area contributed by atoms with E-state index in [4.69, 9.17) is 4.99 Å². The molecule has 0 aromatic rings. The molecule has 0 saturated heterocycles. The van der Waals surface area contributed by atoms with Crippen LogP contribution in [-0.4, -0.2) is 45.5 Å². The fraction of sp³-hybridized carbons (Fsp3) is 0.941. The number of hydrogen-bond acceptors (Lipinski definition) is 3. The van der Waals surface area contributed by atoms with Crippen molar-refractivity contribution in [3.8, 4) is 0 Å². The average molecular weight is 473 g/mol. The van der Waals surface area contributed by atoms with Crippen LogP contribution in [0.2, 0.25) is 0 Å². The summed E-state index contributed by atoms with van der Waals surface area (Å²) in [7, 11) is -2.90. The van der Waals surface area contributed by atoms with Gasteiger partial charge in [0, 0.05) is 25.4 Å². The molecule has 1 rings (SSSR count). The SMILES string of the molecule is CCNC(=NCC1CCCCCCC1)NC(C)CCS(C)(=O)=O.I. The summed E-state index contributed by atoms with van der Waals surface area (Å²) in [4.78, 5) is 4.74. The zero-order valence-corrected chi connectivity index (χ0v) is 18.7. The van der Waals surface area contributed by atoms with Gasteiger partial charge >= 0.3 is 0 Å². The lowest BCUT2D eigenvalue weighted by Gasteiger charge is -2.20. The first-order chi connectivity index (χ1) is 10.9. The molecule has 1 aliphatic rings. The van der Waals surface area contributed by atoms with Gasteiger partial charge in [0.15, 0.2) is 5.96 Å². The van der Waals surface area contributed by atoms with Gasteiger partial charge in [0.05, 0.1) is 5.75 Å². The summed E-state index contributed by atoms with van der Waals surface area (Å²) < 4.78 is 22.5. The molecule has 0 aliphatic heterocycles. The van der Waals surface area contributed by atoms with Gasteiger partial charge in [0.2, 0.25) is 0 Å². The normalized spacial score (nSPS) is 18.9. The Balaban J connectivity index is 0.00000529. The summed E-state index contributed by atoms with van der Waals surface area (Å²) in [5.41, 5.74) is 0. The molecule has 1 saturated carbocycles. The van der Waals surface area contributed by atoms with Gasteiger partial charge in [-0.05, 0) is 39.0 Å². The van der Waals surface area contributed by atoms with Crippen LogP contribution in [0.5, 0.6) is 0 Å². The van der Waals surface area contributed by atoms with Crippen molar-refractivity contribution in [2.45, 2.75) is 71.3 Å². The molecule has 2 N–H and O–H groups in total. The fourth-order valence-electron chi connectivity index (χ4n) is 2.96. The van der Waals surface area contributed by atoms with Gasteiger partial charge < -0.3 is 10.6 Å². The predicted molar refractivity (Wildman–Crippen MR) is 114 cm³/mol. The lowest BCUT2D eigenvalue weighted by molar-refractivity contribution is 0.385. The van der Waals surface area contributed by atoms with E-state index in [9.17, 15) is 8.42 Å². The third kappa shape index (κ3) is 12.3. The summed E-state index contributed by atoms with van der Waals surface area (Å²) >= 11 is 0. The lowest BCUT2D eigenvalue weighted by atomic mass is 9.91. The second-order valence-corrected chi connectivity index (χ2v) is 9.15. The minimum atomic E-state index is -2.90. The average Bonchev–Trinajstić information content (AvgIpc) is 2.43. The van der Waals surface area contributed by atoms with Crippen LogP contribution in [0.25, 0.3) is 0 Å². The Morgan fingerprint density at radius 2 is 1.75 bits per heavy atom. The molecular weight excluding hydrogens is 437 g/mol. The molecule has 1 aliphatic carbocycles. The molecule has 0 amide bonds. The van der Waals surface area contributed by atoms with E-state index in [0.29, 0.717) is 12.3 Å². The van der Waals surface area contributed by atoms with Gasteiger partial charge in [0.1, 0.15) is 9.84 Å². The Bertz CT molecular complexity index is 447. The highest BCUT2D eigenvalue weighted by Gasteiger charge is 2.13. The van der Waals surface area contributed by atoms with E-state index >= 15 is 0 Å². The van der Waals surface area contributed by atoms with Crippen LogP contribution in [0.4, 0.5) is 0 Å². The van der Waals surface area contributed by atoms with Gasteiger partial charge in [-0.2, -0.15) is 0 Å². The number of nitrogens with one attached hydrogen (secondary N) is 2. The zero-order chi connectivity index (χ0) is 17.1. The number of guanidine groups is 1. The number of nitrogens with zero attached hydrogens (tertiary/aromatic N) is 1. The van der Waals surface area contributed by atoms with E-state index < -0.39 is 9.84 Å². The standard InChI is InChI=1S/C17H35N3O2S.HI/c1-4-18-17(20-15(2)12-13-23(3,21)22)19-14-16-10-8-6-5-7-9-11-16;/h15-16H,4-14H2,1-3H3,(H2,18,19,20);1H. The molecule has 0 spiro atoms. The molecule has 24 heavy (non-hydrogen) atoms. The molecule has 5 nitrogen and oxygen atoms in total. The Hall–Kier alpha value is -0.0500.